The molecule has 0 bridgehead atoms. The summed E-state index contributed by atoms with van der Waals surface area (Å²) >= 11 is 0. The number of fused-ring (bicyclic) bond motifs is 1. The monoisotopic (exact) mass is 998 g/mol. The van der Waals surface area contributed by atoms with Crippen molar-refractivity contribution in [3.63, 3.8) is 0 Å². The van der Waals surface area contributed by atoms with Crippen molar-refractivity contribution >= 4 is 46.5 Å². The van der Waals surface area contributed by atoms with E-state index in [4.69, 9.17) is 47.1 Å². The number of aliphatic hydroxyl groups excluding tert-OH is 1. The number of nitrogens with two attached hydrogens (primary N) is 2. The smallest absolute Gasteiger partial charge is 0.303 e. The van der Waals surface area contributed by atoms with E-state index in [1.807, 2.05) is 39.0 Å². The Morgan fingerprint density at radius 2 is 1.40 bits per heavy atom. The maximum Gasteiger partial charge on any atom is 0.303 e. The molecular weight excluding hydrogens is 931 g/mol. The van der Waals surface area contributed by atoms with E-state index in [2.05, 4.69) is 56.8 Å². The first-order chi connectivity index (χ1) is 35.0. The second kappa shape index (κ2) is 26.0. The quantitative estimate of drug-likeness (QED) is 0.0309. The molecule has 5 atom stereocenters. The topological polar surface area (TPSA) is 312 Å². The van der Waals surface area contributed by atoms with Gasteiger partial charge in [-0.3, -0.25) is 14.4 Å². The molecule has 2 unspecified atom stereocenters. The standard InChI is InChI=1S/C47H67N17O8/c1-4-21-70-23-25-72-26-24-71-22-12-50-45-52-46(61-17-13-59(14-18-61)43(68)39(10-11-41(66)67)63-29-37(55-57-63)35(48)31-65)54-47(53-45)62-19-15-60(16-20-62)44(69)40(28-34-27-33-8-6-7-9-36(33)51-34)64-30-38(56-58-64)42(49)32(3)5-2/h1,6-9,27,29-30,32,35,39-40,42,51,65H,5,10-26,28,31,48-49H2,2-3H3,(H,66,67)(H,50,52,53,54)/t32-,35?,39+,40-,42?/m1/s1. The molecule has 2 aliphatic heterocycles. The lowest BCUT2D eigenvalue weighted by Crippen LogP contribution is -2.52. The van der Waals surface area contributed by atoms with Gasteiger partial charge >= 0.3 is 5.97 Å². The first-order valence-electron chi connectivity index (χ1n) is 24.4. The number of piperazine rings is 2. The van der Waals surface area contributed by atoms with Crippen molar-refractivity contribution in [2.24, 2.45) is 17.4 Å². The number of ether oxygens (including phenoxy) is 3. The van der Waals surface area contributed by atoms with Crippen LogP contribution in [0.25, 0.3) is 10.9 Å². The third kappa shape index (κ3) is 14.0. The number of aliphatic carboxylic acids is 1. The molecule has 0 saturated carbocycles. The van der Waals surface area contributed by atoms with Crippen LogP contribution in [0.1, 0.15) is 74.4 Å². The number of carbonyl (C=O) groups is 3. The van der Waals surface area contributed by atoms with Crippen molar-refractivity contribution in [2.75, 3.05) is 120 Å². The minimum atomic E-state index is -1.05. The van der Waals surface area contributed by atoms with E-state index < -0.39 is 24.1 Å². The predicted octanol–water partition coefficient (Wildman–Crippen LogP) is 0.556. The van der Waals surface area contributed by atoms with Gasteiger partial charge in [0.05, 0.1) is 69.8 Å². The number of nitrogens with one attached hydrogen (secondary N) is 2. The molecule has 2 saturated heterocycles. The molecule has 25 nitrogen and oxygen atoms in total. The third-order valence-electron chi connectivity index (χ3n) is 12.9. The molecule has 8 N–H and O–H groups in total. The van der Waals surface area contributed by atoms with E-state index in [0.717, 1.165) is 23.0 Å². The van der Waals surface area contributed by atoms with Gasteiger partial charge in [0.25, 0.3) is 0 Å². The van der Waals surface area contributed by atoms with Crippen LogP contribution in [0, 0.1) is 18.3 Å². The Hall–Kier alpha value is -6.82. The molecule has 0 radical (unpaired) electrons. The van der Waals surface area contributed by atoms with Gasteiger partial charge in [-0.2, -0.15) is 15.0 Å². The highest BCUT2D eigenvalue weighted by atomic mass is 16.5. The van der Waals surface area contributed by atoms with Crippen LogP contribution in [0.2, 0.25) is 0 Å². The lowest BCUT2D eigenvalue weighted by molar-refractivity contribution is -0.139. The summed E-state index contributed by atoms with van der Waals surface area (Å²) in [5.74, 6) is 2.26. The molecule has 0 spiro atoms. The summed E-state index contributed by atoms with van der Waals surface area (Å²) in [5.41, 5.74) is 15.3. The number of carboxylic acids is 1. The number of benzene rings is 1. The molecule has 25 heteroatoms. The molecule has 388 valence electrons. The highest BCUT2D eigenvalue weighted by Crippen LogP contribution is 2.27. The normalized spacial score (nSPS) is 16.3. The Morgan fingerprint density at radius 3 is 2.01 bits per heavy atom. The third-order valence-corrected chi connectivity index (χ3v) is 12.9. The van der Waals surface area contributed by atoms with Crippen LogP contribution in [0.5, 0.6) is 0 Å². The SMILES string of the molecule is C#CCOCCOCCOCCNc1nc(N2CCN(C(=O)[C@@H](Cc3cc4ccccc4[nH]3)n3cc(C(N)[C@H](C)CC)nn3)CC2)nc(N2CCN(C(=O)[C@H](CCC(=O)O)n3cc(C(N)CO)nn3)CC2)n1. The van der Waals surface area contributed by atoms with Gasteiger partial charge in [-0.05, 0) is 29.9 Å². The lowest BCUT2D eigenvalue weighted by atomic mass is 9.98. The molecule has 2 aliphatic rings. The fraction of sp³-hybridized carbons (Fsp3) is 0.574. The Bertz CT molecular complexity index is 2530. The molecule has 0 aliphatic carbocycles. The van der Waals surface area contributed by atoms with Crippen molar-refractivity contribution in [3.05, 3.63) is 59.8 Å². The average molecular weight is 998 g/mol. The number of nitrogens with zero attached hydrogens (tertiary/aromatic N) is 13. The number of H-pyrrole nitrogens is 1. The minimum Gasteiger partial charge on any atom is -0.481 e. The maximum atomic E-state index is 14.6. The molecule has 2 amide bonds. The first-order valence-corrected chi connectivity index (χ1v) is 24.4. The number of carbonyl (C=O) groups excluding carboxylic acids is 2. The van der Waals surface area contributed by atoms with E-state index in [0.29, 0.717) is 109 Å². The van der Waals surface area contributed by atoms with Crippen molar-refractivity contribution in [3.8, 4) is 12.3 Å². The highest BCUT2D eigenvalue weighted by molar-refractivity contribution is 5.83. The van der Waals surface area contributed by atoms with Crippen LogP contribution in [0.3, 0.4) is 0 Å². The summed E-state index contributed by atoms with van der Waals surface area (Å²) in [4.78, 5) is 65.7. The Balaban J connectivity index is 1.04. The molecule has 2 fully saturated rings. The van der Waals surface area contributed by atoms with Gasteiger partial charge in [0.15, 0.2) is 0 Å². The van der Waals surface area contributed by atoms with E-state index in [1.54, 1.807) is 15.8 Å². The maximum absolute atomic E-state index is 14.6. The number of anilines is 3. The Kier molecular flexibility index (Phi) is 19.2. The molecule has 6 heterocycles. The summed E-state index contributed by atoms with van der Waals surface area (Å²) in [6.07, 6.45) is 9.42. The van der Waals surface area contributed by atoms with E-state index in [9.17, 15) is 24.6 Å². The average Bonchev–Trinajstić information content (AvgIpc) is 4.20. The van der Waals surface area contributed by atoms with Crippen LogP contribution in [-0.4, -0.2) is 193 Å². The molecular formula is C47H67N17O8. The zero-order valence-corrected chi connectivity index (χ0v) is 41.0. The van der Waals surface area contributed by atoms with Crippen LogP contribution < -0.4 is 26.6 Å². The van der Waals surface area contributed by atoms with E-state index in [1.165, 1.54) is 10.9 Å². The number of carboxylic acid groups (broad SMARTS) is 1. The minimum absolute atomic E-state index is 0.0195. The van der Waals surface area contributed by atoms with Crippen LogP contribution in [-0.2, 0) is 35.0 Å². The summed E-state index contributed by atoms with van der Waals surface area (Å²) in [7, 11) is 0. The van der Waals surface area contributed by atoms with Crippen molar-refractivity contribution in [1.82, 2.24) is 59.7 Å². The predicted molar refractivity (Wildman–Crippen MR) is 265 cm³/mol. The molecule has 1 aromatic carbocycles. The van der Waals surface area contributed by atoms with Gasteiger partial charge in [-0.25, -0.2) is 9.36 Å². The van der Waals surface area contributed by atoms with Crippen molar-refractivity contribution in [2.45, 2.75) is 63.7 Å². The van der Waals surface area contributed by atoms with Gasteiger partial charge in [0.1, 0.15) is 24.4 Å². The second-order valence-electron chi connectivity index (χ2n) is 17.8. The number of amides is 2. The van der Waals surface area contributed by atoms with Gasteiger partial charge in [-0.1, -0.05) is 54.8 Å². The molecule has 7 rings (SSSR count). The van der Waals surface area contributed by atoms with Crippen molar-refractivity contribution < 1.29 is 38.8 Å². The summed E-state index contributed by atoms with van der Waals surface area (Å²) in [5, 5.41) is 40.3. The van der Waals surface area contributed by atoms with Gasteiger partial charge in [-0.15, -0.1) is 16.6 Å². The summed E-state index contributed by atoms with van der Waals surface area (Å²) in [6.45, 7) is 9.22. The van der Waals surface area contributed by atoms with E-state index >= 15 is 0 Å². The summed E-state index contributed by atoms with van der Waals surface area (Å²) in [6, 6.07) is 7.29. The van der Waals surface area contributed by atoms with Crippen LogP contribution in [0.15, 0.2) is 42.7 Å². The number of terminal acetylenes is 1. The largest absolute Gasteiger partial charge is 0.481 e. The van der Waals surface area contributed by atoms with Crippen LogP contribution >= 0.6 is 0 Å². The van der Waals surface area contributed by atoms with Gasteiger partial charge in [0.2, 0.25) is 29.7 Å². The number of aromatic amines is 1. The number of rotatable bonds is 27. The molecule has 4 aromatic heterocycles. The van der Waals surface area contributed by atoms with Crippen LogP contribution in [0.4, 0.5) is 17.8 Å². The molecule has 5 aromatic rings. The molecule has 72 heavy (non-hydrogen) atoms. The van der Waals surface area contributed by atoms with Crippen molar-refractivity contribution in [1.29, 1.82) is 0 Å². The number of hydrogen-bond acceptors (Lipinski definition) is 19. The second-order valence-corrected chi connectivity index (χ2v) is 17.8. The van der Waals surface area contributed by atoms with Gasteiger partial charge < -0.3 is 65.8 Å². The lowest BCUT2D eigenvalue weighted by Gasteiger charge is -2.38. The highest BCUT2D eigenvalue weighted by Gasteiger charge is 2.34. The first kappa shape index (κ1) is 53.0. The number of para-hydroxylation sites is 1. The van der Waals surface area contributed by atoms with Gasteiger partial charge in [0, 0.05) is 83.0 Å². The Labute approximate surface area is 417 Å². The Morgan fingerprint density at radius 1 is 0.819 bits per heavy atom. The number of hydrogen-bond donors (Lipinski definition) is 6. The number of aromatic nitrogens is 10. The van der Waals surface area contributed by atoms with E-state index in [-0.39, 0.29) is 68.6 Å². The fourth-order valence-corrected chi connectivity index (χ4v) is 8.42. The fourth-order valence-electron chi connectivity index (χ4n) is 8.42. The zero-order chi connectivity index (χ0) is 51.0. The zero-order valence-electron chi connectivity index (χ0n) is 41.0. The number of aliphatic hydroxyl groups is 1. The summed E-state index contributed by atoms with van der Waals surface area (Å²) < 4.78 is 19.5.